The van der Waals surface area contributed by atoms with Gasteiger partial charge in [-0.25, -0.2) is 0 Å². The molecule has 0 radical (unpaired) electrons. The first kappa shape index (κ1) is 11.8. The Morgan fingerprint density at radius 3 is 2.61 bits per heavy atom. The van der Waals surface area contributed by atoms with E-state index in [4.69, 9.17) is 11.6 Å². The second kappa shape index (κ2) is 4.44. The number of rotatable bonds is 1. The Kier molecular flexibility index (Phi) is 2.91. The molecule has 0 amide bonds. The van der Waals surface area contributed by atoms with Crippen LogP contribution < -0.4 is 0 Å². The zero-order valence-corrected chi connectivity index (χ0v) is 11.4. The van der Waals surface area contributed by atoms with Crippen molar-refractivity contribution in [3.63, 3.8) is 0 Å². The lowest BCUT2D eigenvalue weighted by Crippen LogP contribution is -2.28. The summed E-state index contributed by atoms with van der Waals surface area (Å²) in [5.74, 6) is 0. The molecule has 0 heterocycles. The van der Waals surface area contributed by atoms with E-state index in [0.717, 1.165) is 11.4 Å². The minimum Gasteiger partial charge on any atom is -0.0843 e. The summed E-state index contributed by atoms with van der Waals surface area (Å²) in [5, 5.41) is 0.853. The van der Waals surface area contributed by atoms with E-state index in [2.05, 4.69) is 49.4 Å². The van der Waals surface area contributed by atoms with Crippen LogP contribution in [0.1, 0.15) is 36.5 Å². The van der Waals surface area contributed by atoms with Crippen molar-refractivity contribution in [1.29, 1.82) is 0 Å². The van der Waals surface area contributed by atoms with Gasteiger partial charge in [-0.3, -0.25) is 0 Å². The molecule has 0 aromatic heterocycles. The molecule has 1 atom stereocenters. The number of hydrogen-bond acceptors (Lipinski definition) is 0. The Labute approximate surface area is 114 Å². The van der Waals surface area contributed by atoms with Crippen LogP contribution in [0.15, 0.2) is 48.5 Å². The molecule has 2 aromatic carbocycles. The van der Waals surface area contributed by atoms with Gasteiger partial charge >= 0.3 is 0 Å². The van der Waals surface area contributed by atoms with Crippen molar-refractivity contribution in [2.24, 2.45) is 0 Å². The number of benzene rings is 2. The van der Waals surface area contributed by atoms with Crippen molar-refractivity contribution in [3.8, 4) is 0 Å². The van der Waals surface area contributed by atoms with Crippen LogP contribution >= 0.6 is 11.6 Å². The number of halogens is 1. The fraction of sp³-hybridized carbons (Fsp3) is 0.294. The molecule has 0 saturated carbocycles. The van der Waals surface area contributed by atoms with E-state index in [1.807, 2.05) is 6.07 Å². The van der Waals surface area contributed by atoms with Gasteiger partial charge in [-0.05, 0) is 48.1 Å². The highest BCUT2D eigenvalue weighted by Gasteiger charge is 2.33. The van der Waals surface area contributed by atoms with Crippen molar-refractivity contribution in [1.82, 2.24) is 0 Å². The highest BCUT2D eigenvalue weighted by atomic mass is 35.5. The fourth-order valence-corrected chi connectivity index (χ4v) is 3.38. The average molecular weight is 257 g/mol. The monoisotopic (exact) mass is 256 g/mol. The molecule has 0 aliphatic heterocycles. The van der Waals surface area contributed by atoms with Crippen molar-refractivity contribution in [2.75, 3.05) is 0 Å². The van der Waals surface area contributed by atoms with E-state index in [1.54, 1.807) is 0 Å². The first-order chi connectivity index (χ1) is 8.70. The van der Waals surface area contributed by atoms with E-state index in [-0.39, 0.29) is 5.41 Å². The third-order valence-corrected chi connectivity index (χ3v) is 4.43. The van der Waals surface area contributed by atoms with Gasteiger partial charge in [0.2, 0.25) is 0 Å². The van der Waals surface area contributed by atoms with Gasteiger partial charge < -0.3 is 0 Å². The lowest BCUT2D eigenvalue weighted by atomic mass is 9.67. The van der Waals surface area contributed by atoms with E-state index < -0.39 is 0 Å². The molecular formula is C17H17Cl. The molecule has 1 aliphatic rings. The van der Waals surface area contributed by atoms with E-state index >= 15 is 0 Å². The van der Waals surface area contributed by atoms with Gasteiger partial charge in [0, 0.05) is 10.4 Å². The predicted octanol–water partition coefficient (Wildman–Crippen LogP) is 4.98. The number of hydrogen-bond donors (Lipinski definition) is 0. The second-order valence-corrected chi connectivity index (χ2v) is 5.79. The summed E-state index contributed by atoms with van der Waals surface area (Å²) in [7, 11) is 0. The molecule has 3 rings (SSSR count). The maximum Gasteiger partial charge on any atom is 0.0408 e. The van der Waals surface area contributed by atoms with Crippen LogP contribution in [0.3, 0.4) is 0 Å². The molecule has 0 fully saturated rings. The quantitative estimate of drug-likeness (QED) is 0.675. The number of aryl methyl sites for hydroxylation is 1. The molecule has 1 aliphatic carbocycles. The third kappa shape index (κ3) is 1.85. The smallest absolute Gasteiger partial charge is 0.0408 e. The van der Waals surface area contributed by atoms with Crippen molar-refractivity contribution >= 4 is 11.6 Å². The van der Waals surface area contributed by atoms with E-state index in [9.17, 15) is 0 Å². The maximum absolute atomic E-state index is 6.12. The molecule has 1 unspecified atom stereocenters. The molecule has 0 N–H and O–H groups in total. The van der Waals surface area contributed by atoms with Crippen LogP contribution in [0.2, 0.25) is 5.02 Å². The van der Waals surface area contributed by atoms with Crippen LogP contribution in [0, 0.1) is 0 Å². The molecule has 0 saturated heterocycles. The lowest BCUT2D eigenvalue weighted by Gasteiger charge is -2.36. The van der Waals surface area contributed by atoms with Crippen LogP contribution in [0.5, 0.6) is 0 Å². The summed E-state index contributed by atoms with van der Waals surface area (Å²) in [6, 6.07) is 17.2. The molecule has 2 aromatic rings. The average Bonchev–Trinajstić information content (AvgIpc) is 2.40. The lowest BCUT2D eigenvalue weighted by molar-refractivity contribution is 0.465. The van der Waals surface area contributed by atoms with Crippen molar-refractivity contribution in [3.05, 3.63) is 70.2 Å². The van der Waals surface area contributed by atoms with Gasteiger partial charge in [-0.1, -0.05) is 54.9 Å². The molecule has 0 nitrogen and oxygen atoms in total. The summed E-state index contributed by atoms with van der Waals surface area (Å²) >= 11 is 6.12. The largest absolute Gasteiger partial charge is 0.0843 e. The van der Waals surface area contributed by atoms with Crippen LogP contribution in [0.4, 0.5) is 0 Å². The molecule has 0 bridgehead atoms. The van der Waals surface area contributed by atoms with Gasteiger partial charge in [0.05, 0.1) is 0 Å². The predicted molar refractivity (Wildman–Crippen MR) is 77.3 cm³/mol. The first-order valence-corrected chi connectivity index (χ1v) is 6.92. The Morgan fingerprint density at radius 2 is 1.83 bits per heavy atom. The number of fused-ring (bicyclic) bond motifs is 1. The highest BCUT2D eigenvalue weighted by molar-refractivity contribution is 6.30. The fourth-order valence-electron chi connectivity index (χ4n) is 3.18. The summed E-state index contributed by atoms with van der Waals surface area (Å²) in [6.07, 6.45) is 3.60. The molecular weight excluding hydrogens is 240 g/mol. The normalized spacial score (nSPS) is 22.6. The molecule has 92 valence electrons. The van der Waals surface area contributed by atoms with E-state index in [1.165, 1.54) is 29.5 Å². The standard InChI is InChI=1S/C17H17Cl/c1-17(14-7-3-2-4-8-14)11-5-6-13-12-15(18)9-10-16(13)17/h2-4,7-10,12H,5-6,11H2,1H3. The summed E-state index contributed by atoms with van der Waals surface area (Å²) in [6.45, 7) is 2.36. The Hall–Kier alpha value is -1.27. The van der Waals surface area contributed by atoms with Crippen molar-refractivity contribution in [2.45, 2.75) is 31.6 Å². The van der Waals surface area contributed by atoms with Crippen molar-refractivity contribution < 1.29 is 0 Å². The Balaban J connectivity index is 2.16. The first-order valence-electron chi connectivity index (χ1n) is 6.54. The van der Waals surface area contributed by atoms with Gasteiger partial charge in [0.25, 0.3) is 0 Å². The zero-order valence-electron chi connectivity index (χ0n) is 10.6. The Bertz CT molecular complexity index is 559. The molecule has 18 heavy (non-hydrogen) atoms. The second-order valence-electron chi connectivity index (χ2n) is 5.35. The highest BCUT2D eigenvalue weighted by Crippen LogP contribution is 2.42. The topological polar surface area (TPSA) is 0 Å². The molecule has 1 heteroatoms. The minimum atomic E-state index is 0.138. The SMILES string of the molecule is CC1(c2ccccc2)CCCc2cc(Cl)ccc21. The van der Waals surface area contributed by atoms with Gasteiger partial charge in [0.1, 0.15) is 0 Å². The summed E-state index contributed by atoms with van der Waals surface area (Å²) < 4.78 is 0. The summed E-state index contributed by atoms with van der Waals surface area (Å²) in [5.41, 5.74) is 4.41. The minimum absolute atomic E-state index is 0.138. The zero-order chi connectivity index (χ0) is 12.6. The van der Waals surface area contributed by atoms with E-state index in [0.29, 0.717) is 0 Å². The van der Waals surface area contributed by atoms with Gasteiger partial charge in [-0.2, -0.15) is 0 Å². The van der Waals surface area contributed by atoms with Crippen LogP contribution in [-0.4, -0.2) is 0 Å². The van der Waals surface area contributed by atoms with Gasteiger partial charge in [-0.15, -0.1) is 0 Å². The van der Waals surface area contributed by atoms with Crippen LogP contribution in [-0.2, 0) is 11.8 Å². The summed E-state index contributed by atoms with van der Waals surface area (Å²) in [4.78, 5) is 0. The van der Waals surface area contributed by atoms with Gasteiger partial charge in [0.15, 0.2) is 0 Å². The third-order valence-electron chi connectivity index (χ3n) is 4.20. The van der Waals surface area contributed by atoms with Crippen LogP contribution in [0.25, 0.3) is 0 Å². The maximum atomic E-state index is 6.12. The Morgan fingerprint density at radius 1 is 1.06 bits per heavy atom. The molecule has 0 spiro atoms.